The highest BCUT2D eigenvalue weighted by molar-refractivity contribution is 7.89. The molecule has 214 valence electrons. The van der Waals surface area contributed by atoms with Gasteiger partial charge in [-0.05, 0) is 31.0 Å². The number of carbonyl (C=O) groups excluding carboxylic acids is 1. The van der Waals surface area contributed by atoms with Gasteiger partial charge in [0.2, 0.25) is 15.9 Å². The average Bonchev–Trinajstić information content (AvgIpc) is 3.65. The Morgan fingerprint density at radius 3 is 2.67 bits per heavy atom. The molecule has 2 N–H and O–H groups in total. The van der Waals surface area contributed by atoms with E-state index in [9.17, 15) is 18.3 Å². The van der Waals surface area contributed by atoms with Crippen molar-refractivity contribution in [2.45, 2.75) is 54.8 Å². The number of hydrogen-bond acceptors (Lipinski definition) is 9. The number of nitrogens with one attached hydrogen (secondary N) is 1. The predicted octanol–water partition coefficient (Wildman–Crippen LogP) is 0.273. The first kappa shape index (κ1) is 26.9. The number of imidazole rings is 1. The number of hydrogen-bond donors (Lipinski definition) is 2. The molecule has 1 spiro atoms. The summed E-state index contributed by atoms with van der Waals surface area (Å²) < 4.78 is 38.7. The molecule has 2 fully saturated rings. The summed E-state index contributed by atoms with van der Waals surface area (Å²) in [5.74, 6) is 1.36. The van der Waals surface area contributed by atoms with Crippen LogP contribution in [-0.4, -0.2) is 96.9 Å². The van der Waals surface area contributed by atoms with E-state index in [1.165, 1.54) is 12.4 Å². The molecule has 3 aliphatic heterocycles. The highest BCUT2D eigenvalue weighted by Crippen LogP contribution is 2.37. The van der Waals surface area contributed by atoms with E-state index in [-0.39, 0.29) is 36.1 Å². The number of sulfonamides is 1. The van der Waals surface area contributed by atoms with E-state index in [0.29, 0.717) is 37.2 Å². The fraction of sp³-hybridized carbons (Fsp3) is 0.538. The lowest BCUT2D eigenvalue weighted by Crippen LogP contribution is -2.59. The first-order valence-corrected chi connectivity index (χ1v) is 14.9. The van der Waals surface area contributed by atoms with Gasteiger partial charge >= 0.3 is 0 Å². The Labute approximate surface area is 232 Å². The van der Waals surface area contributed by atoms with Gasteiger partial charge in [0.15, 0.2) is 5.82 Å². The van der Waals surface area contributed by atoms with Crippen LogP contribution in [0.5, 0.6) is 5.75 Å². The second kappa shape index (κ2) is 10.3. The van der Waals surface area contributed by atoms with Gasteiger partial charge < -0.3 is 19.7 Å². The third-order valence-electron chi connectivity index (χ3n) is 8.36. The Balaban J connectivity index is 1.32. The lowest BCUT2D eigenvalue weighted by atomic mass is 9.84. The molecule has 3 aliphatic rings. The van der Waals surface area contributed by atoms with Gasteiger partial charge in [0.1, 0.15) is 28.8 Å². The Bertz CT molecular complexity index is 1510. The number of carbonyl (C=O) groups is 1. The van der Waals surface area contributed by atoms with Gasteiger partial charge in [-0.3, -0.25) is 9.69 Å². The van der Waals surface area contributed by atoms with Gasteiger partial charge in [-0.15, -0.1) is 0 Å². The standard InChI is InChI=1S/C26H34N8O5S/c1-31-11-8-27-23(31)16-33-9-5-26(6-10-33)7-12-39-21-13-18(24-28-17-29-32(24)2)3-4-22(21)40(37,38)34-15-19(35)14-20(34)25(36)30-26/h3-4,8,11,13,17,19-20,35H,5-7,9-10,12,14-16H2,1-2H3,(H,30,36)/t19-,20+/m1/s1. The van der Waals surface area contributed by atoms with Crippen LogP contribution >= 0.6 is 0 Å². The number of fused-ring (bicyclic) bond motifs is 2. The van der Waals surface area contributed by atoms with Crippen molar-refractivity contribution >= 4 is 15.9 Å². The first-order valence-electron chi connectivity index (χ1n) is 13.5. The number of aliphatic hydroxyl groups excluding tert-OH is 1. The van der Waals surface area contributed by atoms with Crippen molar-refractivity contribution in [2.75, 3.05) is 26.2 Å². The minimum absolute atomic E-state index is 0.0360. The van der Waals surface area contributed by atoms with E-state index in [1.54, 1.807) is 30.1 Å². The van der Waals surface area contributed by atoms with E-state index >= 15 is 0 Å². The third kappa shape index (κ3) is 4.89. The summed E-state index contributed by atoms with van der Waals surface area (Å²) in [4.78, 5) is 24.6. The molecule has 0 bridgehead atoms. The van der Waals surface area contributed by atoms with Crippen LogP contribution in [0.15, 0.2) is 41.8 Å². The van der Waals surface area contributed by atoms with Crippen molar-refractivity contribution in [3.8, 4) is 17.1 Å². The molecule has 1 amide bonds. The number of nitrogens with zero attached hydrogens (tertiary/aromatic N) is 7. The Morgan fingerprint density at radius 1 is 1.18 bits per heavy atom. The van der Waals surface area contributed by atoms with Crippen molar-refractivity contribution in [2.24, 2.45) is 14.1 Å². The van der Waals surface area contributed by atoms with Crippen molar-refractivity contribution in [1.29, 1.82) is 0 Å². The second-order valence-corrected chi connectivity index (χ2v) is 12.8. The summed E-state index contributed by atoms with van der Waals surface area (Å²) in [6.07, 6.45) is 6.11. The van der Waals surface area contributed by atoms with Crippen molar-refractivity contribution in [1.82, 2.24) is 38.8 Å². The predicted molar refractivity (Wildman–Crippen MR) is 143 cm³/mol. The molecular formula is C26H34N8O5S. The normalized spacial score (nSPS) is 25.0. The van der Waals surface area contributed by atoms with Crippen LogP contribution in [0.2, 0.25) is 0 Å². The third-order valence-corrected chi connectivity index (χ3v) is 10.3. The lowest BCUT2D eigenvalue weighted by Gasteiger charge is -2.43. The topological polar surface area (TPSA) is 148 Å². The average molecular weight is 571 g/mol. The molecule has 2 aromatic heterocycles. The van der Waals surface area contributed by atoms with Crippen LogP contribution in [-0.2, 0) is 35.5 Å². The summed E-state index contributed by atoms with van der Waals surface area (Å²) in [6.45, 7) is 2.26. The maximum Gasteiger partial charge on any atom is 0.247 e. The molecule has 13 nitrogen and oxygen atoms in total. The van der Waals surface area contributed by atoms with Crippen LogP contribution < -0.4 is 10.1 Å². The monoisotopic (exact) mass is 570 g/mol. The molecule has 2 saturated heterocycles. The largest absolute Gasteiger partial charge is 0.492 e. The number of likely N-dealkylation sites (tertiary alicyclic amines) is 1. The maximum absolute atomic E-state index is 13.9. The quantitative estimate of drug-likeness (QED) is 0.453. The molecule has 0 unspecified atom stereocenters. The number of benzene rings is 1. The Morgan fingerprint density at radius 2 is 1.98 bits per heavy atom. The maximum atomic E-state index is 13.9. The number of aromatic nitrogens is 5. The molecule has 3 aromatic rings. The molecule has 0 radical (unpaired) electrons. The van der Waals surface area contributed by atoms with Crippen molar-refractivity contribution in [3.63, 3.8) is 0 Å². The number of aryl methyl sites for hydroxylation is 2. The van der Waals surface area contributed by atoms with Gasteiger partial charge in [0.05, 0.1) is 19.3 Å². The Hall–Kier alpha value is -3.33. The van der Waals surface area contributed by atoms with Crippen LogP contribution in [0.25, 0.3) is 11.4 Å². The molecule has 0 aliphatic carbocycles. The van der Waals surface area contributed by atoms with Crippen LogP contribution in [0.3, 0.4) is 0 Å². The van der Waals surface area contributed by atoms with Crippen molar-refractivity contribution in [3.05, 3.63) is 42.7 Å². The number of ether oxygens (including phenoxy) is 1. The molecule has 0 saturated carbocycles. The Kier molecular flexibility index (Phi) is 6.89. The van der Waals surface area contributed by atoms with E-state index in [1.807, 2.05) is 17.8 Å². The lowest BCUT2D eigenvalue weighted by molar-refractivity contribution is -0.127. The highest BCUT2D eigenvalue weighted by atomic mass is 32.2. The first-order chi connectivity index (χ1) is 19.1. The van der Waals surface area contributed by atoms with E-state index in [0.717, 1.165) is 23.2 Å². The molecule has 40 heavy (non-hydrogen) atoms. The van der Waals surface area contributed by atoms with Gasteiger partial charge in [-0.25, -0.2) is 23.1 Å². The van der Waals surface area contributed by atoms with E-state index in [4.69, 9.17) is 4.74 Å². The van der Waals surface area contributed by atoms with Gasteiger partial charge in [0.25, 0.3) is 0 Å². The SMILES string of the molecule is Cn1ccnc1CN1CCC2(CCOc3cc(-c4ncnn4C)ccc3S(=O)(=O)N3C[C@H](O)C[C@H]3C(=O)N2)CC1. The molecule has 6 rings (SSSR count). The van der Waals surface area contributed by atoms with Gasteiger partial charge in [-0.1, -0.05) is 0 Å². The zero-order chi connectivity index (χ0) is 28.1. The number of aliphatic hydroxyl groups is 1. The highest BCUT2D eigenvalue weighted by Gasteiger charge is 2.47. The van der Waals surface area contributed by atoms with Crippen LogP contribution in [0, 0.1) is 0 Å². The summed E-state index contributed by atoms with van der Waals surface area (Å²) in [5, 5.41) is 17.8. The summed E-state index contributed by atoms with van der Waals surface area (Å²) in [7, 11) is -0.425. The van der Waals surface area contributed by atoms with Crippen LogP contribution in [0.1, 0.15) is 31.5 Å². The molecule has 2 atom stereocenters. The summed E-state index contributed by atoms with van der Waals surface area (Å²) in [5.41, 5.74) is 0.0949. The van der Waals surface area contributed by atoms with Gasteiger partial charge in [-0.2, -0.15) is 9.40 Å². The van der Waals surface area contributed by atoms with E-state index < -0.39 is 27.7 Å². The second-order valence-electron chi connectivity index (χ2n) is 10.9. The van der Waals surface area contributed by atoms with Crippen LogP contribution in [0.4, 0.5) is 0 Å². The van der Waals surface area contributed by atoms with E-state index in [2.05, 4.69) is 25.3 Å². The fourth-order valence-corrected chi connectivity index (χ4v) is 7.72. The molecular weight excluding hydrogens is 536 g/mol. The molecule has 14 heteroatoms. The zero-order valence-corrected chi connectivity index (χ0v) is 23.4. The number of amides is 1. The molecule has 5 heterocycles. The smallest absolute Gasteiger partial charge is 0.247 e. The van der Waals surface area contributed by atoms with Gasteiger partial charge in [0, 0.05) is 70.1 Å². The van der Waals surface area contributed by atoms with Crippen molar-refractivity contribution < 1.29 is 23.1 Å². The fourth-order valence-electron chi connectivity index (χ4n) is 5.97. The minimum Gasteiger partial charge on any atom is -0.492 e. The number of rotatable bonds is 3. The number of piperidine rings is 1. The zero-order valence-electron chi connectivity index (χ0n) is 22.6. The summed E-state index contributed by atoms with van der Waals surface area (Å²) >= 11 is 0. The minimum atomic E-state index is -4.15. The summed E-state index contributed by atoms with van der Waals surface area (Å²) in [6, 6.07) is 3.79. The molecule has 1 aromatic carbocycles.